The topological polar surface area (TPSA) is 27.1 Å². The van der Waals surface area contributed by atoms with Gasteiger partial charge in [-0.15, -0.1) is 0 Å². The molecule has 0 N–H and O–H groups in total. The van der Waals surface area contributed by atoms with E-state index in [0.29, 0.717) is 5.92 Å². The number of ether oxygens (including phenoxy) is 1. The van der Waals surface area contributed by atoms with E-state index < -0.39 is 0 Å². The molecule has 0 amide bonds. The molecule has 1 aromatic heterocycles. The molecule has 0 fully saturated rings. The molecular weight excluding hydrogens is 200 g/mol. The lowest BCUT2D eigenvalue weighted by atomic mass is 9.97. The third-order valence-corrected chi connectivity index (χ3v) is 3.23. The van der Waals surface area contributed by atoms with Crippen LogP contribution >= 0.6 is 0 Å². The summed E-state index contributed by atoms with van der Waals surface area (Å²) >= 11 is 0. The molecule has 16 heavy (non-hydrogen) atoms. The summed E-state index contributed by atoms with van der Waals surface area (Å²) in [6.45, 7) is 1.01. The smallest absolute Gasteiger partial charge is 0.122 e. The fourth-order valence-electron chi connectivity index (χ4n) is 2.43. The molecule has 2 aromatic rings. The molecule has 0 saturated heterocycles. The fraction of sp³-hybridized carbons (Fsp3) is 0.308. The van der Waals surface area contributed by atoms with Crippen LogP contribution in [-0.4, -0.2) is 16.7 Å². The number of imidazole rings is 1. The second-order valence-electron chi connectivity index (χ2n) is 4.14. The van der Waals surface area contributed by atoms with E-state index in [-0.39, 0.29) is 0 Å². The maximum Gasteiger partial charge on any atom is 0.122 e. The Bertz CT molecular complexity index is 484. The molecule has 0 radical (unpaired) electrons. The van der Waals surface area contributed by atoms with Gasteiger partial charge in [-0.25, -0.2) is 4.98 Å². The summed E-state index contributed by atoms with van der Waals surface area (Å²) in [7, 11) is 1.73. The molecule has 0 aliphatic carbocycles. The Balaban J connectivity index is 1.92. The van der Waals surface area contributed by atoms with Crippen molar-refractivity contribution >= 4 is 0 Å². The molecule has 2 heterocycles. The van der Waals surface area contributed by atoms with E-state index in [1.54, 1.807) is 7.11 Å². The monoisotopic (exact) mass is 214 g/mol. The first kappa shape index (κ1) is 9.46. The second-order valence-corrected chi connectivity index (χ2v) is 4.14. The lowest BCUT2D eigenvalue weighted by Crippen LogP contribution is -2.02. The van der Waals surface area contributed by atoms with E-state index >= 15 is 0 Å². The number of methoxy groups -OCH3 is 1. The molecule has 3 rings (SSSR count). The minimum Gasteiger partial charge on any atom is -0.496 e. The van der Waals surface area contributed by atoms with E-state index in [1.807, 2.05) is 24.5 Å². The zero-order valence-electron chi connectivity index (χ0n) is 9.26. The SMILES string of the molecule is COc1ccccc1C1Cc2nccn2C1. The molecule has 1 aliphatic rings. The van der Waals surface area contributed by atoms with Crippen molar-refractivity contribution in [3.63, 3.8) is 0 Å². The summed E-state index contributed by atoms with van der Waals surface area (Å²) in [6.07, 6.45) is 4.92. The van der Waals surface area contributed by atoms with Crippen molar-refractivity contribution in [2.24, 2.45) is 0 Å². The molecule has 1 aromatic carbocycles. The summed E-state index contributed by atoms with van der Waals surface area (Å²) in [5.74, 6) is 2.66. The van der Waals surface area contributed by atoms with E-state index in [9.17, 15) is 0 Å². The first-order valence-electron chi connectivity index (χ1n) is 5.51. The van der Waals surface area contributed by atoms with Crippen molar-refractivity contribution in [1.29, 1.82) is 0 Å². The molecule has 82 valence electrons. The van der Waals surface area contributed by atoms with Gasteiger partial charge in [0, 0.05) is 31.3 Å². The number of nitrogens with zero attached hydrogens (tertiary/aromatic N) is 2. The van der Waals surface area contributed by atoms with Crippen LogP contribution in [0, 0.1) is 0 Å². The van der Waals surface area contributed by atoms with E-state index in [4.69, 9.17) is 4.74 Å². The minimum atomic E-state index is 0.500. The third-order valence-electron chi connectivity index (χ3n) is 3.23. The van der Waals surface area contributed by atoms with Crippen molar-refractivity contribution < 1.29 is 4.74 Å². The van der Waals surface area contributed by atoms with Crippen molar-refractivity contribution in [2.75, 3.05) is 7.11 Å². The van der Waals surface area contributed by atoms with Crippen LogP contribution in [0.4, 0.5) is 0 Å². The van der Waals surface area contributed by atoms with Gasteiger partial charge in [-0.3, -0.25) is 0 Å². The van der Waals surface area contributed by atoms with Gasteiger partial charge in [-0.1, -0.05) is 18.2 Å². The van der Waals surface area contributed by atoms with Gasteiger partial charge in [0.1, 0.15) is 11.6 Å². The van der Waals surface area contributed by atoms with Crippen LogP contribution in [0.1, 0.15) is 17.3 Å². The highest BCUT2D eigenvalue weighted by Gasteiger charge is 2.25. The third kappa shape index (κ3) is 1.40. The van der Waals surface area contributed by atoms with Crippen LogP contribution in [0.2, 0.25) is 0 Å². The highest BCUT2D eigenvalue weighted by atomic mass is 16.5. The largest absolute Gasteiger partial charge is 0.496 e. The molecule has 3 nitrogen and oxygen atoms in total. The zero-order valence-corrected chi connectivity index (χ0v) is 9.26. The van der Waals surface area contributed by atoms with Crippen LogP contribution < -0.4 is 4.74 Å². The van der Waals surface area contributed by atoms with E-state index in [2.05, 4.69) is 21.7 Å². The highest BCUT2D eigenvalue weighted by molar-refractivity contribution is 5.37. The maximum absolute atomic E-state index is 5.40. The minimum absolute atomic E-state index is 0.500. The van der Waals surface area contributed by atoms with Crippen molar-refractivity contribution in [3.05, 3.63) is 48.0 Å². The first-order valence-corrected chi connectivity index (χ1v) is 5.51. The van der Waals surface area contributed by atoms with Gasteiger partial charge < -0.3 is 9.30 Å². The molecule has 3 heteroatoms. The van der Waals surface area contributed by atoms with Gasteiger partial charge >= 0.3 is 0 Å². The Hall–Kier alpha value is -1.77. The summed E-state index contributed by atoms with van der Waals surface area (Å²) in [6, 6.07) is 8.25. The number of fused-ring (bicyclic) bond motifs is 1. The first-order chi connectivity index (χ1) is 7.88. The second kappa shape index (κ2) is 3.67. The normalized spacial score (nSPS) is 18.4. The molecular formula is C13H14N2O. The maximum atomic E-state index is 5.40. The predicted octanol–water partition coefficient (Wildman–Crippen LogP) is 2.23. The van der Waals surface area contributed by atoms with E-state index in [1.165, 1.54) is 11.4 Å². The lowest BCUT2D eigenvalue weighted by molar-refractivity contribution is 0.404. The summed E-state index contributed by atoms with van der Waals surface area (Å²) < 4.78 is 7.62. The standard InChI is InChI=1S/C13H14N2O/c1-16-12-5-3-2-4-11(12)10-8-13-14-6-7-15(13)9-10/h2-7,10H,8-9H2,1H3. The number of aromatic nitrogens is 2. The van der Waals surface area contributed by atoms with Crippen LogP contribution in [0.5, 0.6) is 5.75 Å². The molecule has 1 unspecified atom stereocenters. The van der Waals surface area contributed by atoms with Gasteiger partial charge in [0.2, 0.25) is 0 Å². The Morgan fingerprint density at radius 3 is 3.06 bits per heavy atom. The number of hydrogen-bond donors (Lipinski definition) is 0. The molecule has 0 spiro atoms. The highest BCUT2D eigenvalue weighted by Crippen LogP contribution is 2.33. The Labute approximate surface area is 94.7 Å². The fourth-order valence-corrected chi connectivity index (χ4v) is 2.43. The summed E-state index contributed by atoms with van der Waals surface area (Å²) in [5.41, 5.74) is 1.29. The number of benzene rings is 1. The Kier molecular flexibility index (Phi) is 2.17. The average Bonchev–Trinajstić information content (AvgIpc) is 2.89. The van der Waals surface area contributed by atoms with Crippen molar-refractivity contribution in [1.82, 2.24) is 9.55 Å². The summed E-state index contributed by atoms with van der Waals surface area (Å²) in [4.78, 5) is 4.35. The molecule has 0 bridgehead atoms. The molecule has 0 saturated carbocycles. The number of para-hydroxylation sites is 1. The van der Waals surface area contributed by atoms with Crippen LogP contribution in [0.25, 0.3) is 0 Å². The number of hydrogen-bond acceptors (Lipinski definition) is 2. The Morgan fingerprint density at radius 1 is 1.38 bits per heavy atom. The van der Waals surface area contributed by atoms with Crippen molar-refractivity contribution in [3.8, 4) is 5.75 Å². The van der Waals surface area contributed by atoms with Crippen molar-refractivity contribution in [2.45, 2.75) is 18.9 Å². The molecule has 1 atom stereocenters. The van der Waals surface area contributed by atoms with Crippen LogP contribution in [-0.2, 0) is 13.0 Å². The molecule has 1 aliphatic heterocycles. The van der Waals surface area contributed by atoms with E-state index in [0.717, 1.165) is 18.7 Å². The predicted molar refractivity (Wildman–Crippen MR) is 61.7 cm³/mol. The zero-order chi connectivity index (χ0) is 11.0. The van der Waals surface area contributed by atoms with Gasteiger partial charge in [0.15, 0.2) is 0 Å². The van der Waals surface area contributed by atoms with Gasteiger partial charge in [0.05, 0.1) is 7.11 Å². The Morgan fingerprint density at radius 2 is 2.25 bits per heavy atom. The van der Waals surface area contributed by atoms with Gasteiger partial charge in [0.25, 0.3) is 0 Å². The number of rotatable bonds is 2. The van der Waals surface area contributed by atoms with Crippen LogP contribution in [0.15, 0.2) is 36.7 Å². The van der Waals surface area contributed by atoms with Gasteiger partial charge in [-0.2, -0.15) is 0 Å². The average molecular weight is 214 g/mol. The quantitative estimate of drug-likeness (QED) is 0.766. The lowest BCUT2D eigenvalue weighted by Gasteiger charge is -2.13. The summed E-state index contributed by atoms with van der Waals surface area (Å²) in [5, 5.41) is 0. The van der Waals surface area contributed by atoms with Gasteiger partial charge in [-0.05, 0) is 11.6 Å². The van der Waals surface area contributed by atoms with Crippen LogP contribution in [0.3, 0.4) is 0 Å².